The van der Waals surface area contributed by atoms with Gasteiger partial charge >= 0.3 is 11.9 Å². The first-order valence-electron chi connectivity index (χ1n) is 6.50. The summed E-state index contributed by atoms with van der Waals surface area (Å²) in [7, 11) is 0. The van der Waals surface area contributed by atoms with Crippen LogP contribution in [-0.2, 0) is 33.5 Å². The molecule has 7 nitrogen and oxygen atoms in total. The number of carbonyl (C=O) groups is 6. The van der Waals surface area contributed by atoms with Gasteiger partial charge in [0.25, 0.3) is 11.6 Å². The fourth-order valence-electron chi connectivity index (χ4n) is 1.32. The van der Waals surface area contributed by atoms with Gasteiger partial charge in [-0.05, 0) is 11.8 Å². The quantitative estimate of drug-likeness (QED) is 0.222. The third-order valence-electron chi connectivity index (χ3n) is 2.91. The molecule has 0 fully saturated rings. The van der Waals surface area contributed by atoms with Crippen LogP contribution in [0.1, 0.15) is 34.1 Å². The van der Waals surface area contributed by atoms with Crippen molar-refractivity contribution in [2.45, 2.75) is 34.1 Å². The lowest BCUT2D eigenvalue weighted by molar-refractivity contribution is -0.163. The summed E-state index contributed by atoms with van der Waals surface area (Å²) < 4.78 is 4.53. The molecule has 0 rings (SSSR count). The minimum atomic E-state index is -1.62. The highest BCUT2D eigenvalue weighted by Gasteiger charge is 2.36. The molecule has 0 aliphatic heterocycles. The summed E-state index contributed by atoms with van der Waals surface area (Å²) in [6, 6.07) is 0. The normalized spacial score (nSPS) is 12.0. The van der Waals surface area contributed by atoms with E-state index in [1.807, 2.05) is 0 Å². The first-order valence-corrected chi connectivity index (χ1v) is 6.50. The molecule has 0 aromatic rings. The van der Waals surface area contributed by atoms with Crippen LogP contribution in [0.5, 0.6) is 0 Å². The molecule has 1 unspecified atom stereocenters. The van der Waals surface area contributed by atoms with Crippen molar-refractivity contribution in [1.29, 1.82) is 0 Å². The maximum atomic E-state index is 11.8. The summed E-state index contributed by atoms with van der Waals surface area (Å²) in [5.41, 5.74) is -0.634. The number of aldehydes is 1. The molecule has 0 aliphatic carbocycles. The van der Waals surface area contributed by atoms with Crippen molar-refractivity contribution in [2.75, 3.05) is 0 Å². The number of hydrogen-bond donors (Lipinski definition) is 0. The Hall–Kier alpha value is -2.44. The molecule has 0 bridgehead atoms. The highest BCUT2D eigenvalue weighted by molar-refractivity contribution is 6.75. The molecule has 0 aliphatic rings. The first-order chi connectivity index (χ1) is 9.97. The molecular formula is C15H18O7. The van der Waals surface area contributed by atoms with Gasteiger partial charge in [0.2, 0.25) is 5.78 Å². The molecule has 0 N–H and O–H groups in total. The Bertz CT molecular complexity index is 549. The Morgan fingerprint density at radius 2 is 1.64 bits per heavy atom. The largest absolute Gasteiger partial charge is 0.389 e. The summed E-state index contributed by atoms with van der Waals surface area (Å²) in [4.78, 5) is 67.7. The number of rotatable bonds is 7. The van der Waals surface area contributed by atoms with Crippen LogP contribution in [0.25, 0.3) is 0 Å². The van der Waals surface area contributed by atoms with Gasteiger partial charge in [-0.15, -0.1) is 0 Å². The standard InChI is InChI=1S/C15H18O7/c1-6-9(11(18)12(19)10(17)7-16)14(21)22-13(20)8(2)15(3,4)5/h7,9H,2,6H2,1,3-5H3. The Kier molecular flexibility index (Phi) is 6.70. The number of Topliss-reactive ketones (excluding diaryl/α,β-unsaturated/α-hetero) is 3. The first kappa shape index (κ1) is 19.6. The van der Waals surface area contributed by atoms with Gasteiger partial charge in [-0.2, -0.15) is 0 Å². The Morgan fingerprint density at radius 1 is 1.14 bits per heavy atom. The average molecular weight is 310 g/mol. The minimum Gasteiger partial charge on any atom is -0.389 e. The van der Waals surface area contributed by atoms with Crippen molar-refractivity contribution in [3.8, 4) is 0 Å². The second-order valence-electron chi connectivity index (χ2n) is 5.57. The van der Waals surface area contributed by atoms with Crippen molar-refractivity contribution in [1.82, 2.24) is 0 Å². The molecule has 7 heteroatoms. The van der Waals surface area contributed by atoms with Gasteiger partial charge in [0.05, 0.1) is 0 Å². The van der Waals surface area contributed by atoms with E-state index >= 15 is 0 Å². The van der Waals surface area contributed by atoms with Crippen LogP contribution in [0.15, 0.2) is 12.2 Å². The number of ketones is 3. The van der Waals surface area contributed by atoms with Crippen molar-refractivity contribution in [3.63, 3.8) is 0 Å². The zero-order valence-corrected chi connectivity index (χ0v) is 12.9. The van der Waals surface area contributed by atoms with E-state index in [0.29, 0.717) is 0 Å². The highest BCUT2D eigenvalue weighted by atomic mass is 16.6. The van der Waals surface area contributed by atoms with Gasteiger partial charge in [-0.25, -0.2) is 4.79 Å². The maximum Gasteiger partial charge on any atom is 0.341 e. The van der Waals surface area contributed by atoms with Gasteiger partial charge in [-0.1, -0.05) is 34.3 Å². The number of ether oxygens (including phenoxy) is 1. The molecule has 0 radical (unpaired) electrons. The molecule has 0 heterocycles. The molecule has 0 saturated heterocycles. The van der Waals surface area contributed by atoms with Gasteiger partial charge in [-0.3, -0.25) is 24.0 Å². The molecule has 0 aromatic carbocycles. The molecule has 1 atom stereocenters. The third kappa shape index (κ3) is 4.83. The second-order valence-corrected chi connectivity index (χ2v) is 5.57. The van der Waals surface area contributed by atoms with Crippen LogP contribution in [0.4, 0.5) is 0 Å². The minimum absolute atomic E-state index is 0.0125. The van der Waals surface area contributed by atoms with E-state index in [1.54, 1.807) is 20.8 Å². The number of esters is 2. The summed E-state index contributed by atoms with van der Waals surface area (Å²) in [5, 5.41) is 0. The molecule has 0 saturated carbocycles. The fourth-order valence-corrected chi connectivity index (χ4v) is 1.32. The fraction of sp³-hybridized carbons (Fsp3) is 0.467. The van der Waals surface area contributed by atoms with Crippen LogP contribution >= 0.6 is 0 Å². The Morgan fingerprint density at radius 3 is 2.00 bits per heavy atom. The van der Waals surface area contributed by atoms with Crippen molar-refractivity contribution in [3.05, 3.63) is 12.2 Å². The highest BCUT2D eigenvalue weighted by Crippen LogP contribution is 2.25. The van der Waals surface area contributed by atoms with Crippen LogP contribution in [0, 0.1) is 11.3 Å². The topological polar surface area (TPSA) is 112 Å². The van der Waals surface area contributed by atoms with E-state index in [9.17, 15) is 28.8 Å². The second kappa shape index (κ2) is 7.53. The van der Waals surface area contributed by atoms with Gasteiger partial charge < -0.3 is 4.74 Å². The van der Waals surface area contributed by atoms with E-state index in [-0.39, 0.29) is 18.3 Å². The lowest BCUT2D eigenvalue weighted by Gasteiger charge is -2.20. The Balaban J connectivity index is 5.09. The maximum absolute atomic E-state index is 11.8. The predicted octanol–water partition coefficient (Wildman–Crippen LogP) is 0.591. The summed E-state index contributed by atoms with van der Waals surface area (Å²) in [6.45, 7) is 9.93. The molecule has 0 aromatic heterocycles. The molecule has 0 amide bonds. The van der Waals surface area contributed by atoms with Crippen LogP contribution in [-0.4, -0.2) is 35.6 Å². The zero-order valence-electron chi connectivity index (χ0n) is 12.9. The van der Waals surface area contributed by atoms with Crippen LogP contribution in [0.2, 0.25) is 0 Å². The summed E-state index contributed by atoms with van der Waals surface area (Å²) in [5.74, 6) is -8.43. The van der Waals surface area contributed by atoms with Crippen molar-refractivity contribution in [2.24, 2.45) is 11.3 Å². The van der Waals surface area contributed by atoms with E-state index in [2.05, 4.69) is 11.3 Å². The van der Waals surface area contributed by atoms with E-state index in [1.165, 1.54) is 6.92 Å². The summed E-state index contributed by atoms with van der Waals surface area (Å²) >= 11 is 0. The molecule has 120 valence electrons. The predicted molar refractivity (Wildman–Crippen MR) is 74.6 cm³/mol. The third-order valence-corrected chi connectivity index (χ3v) is 2.91. The number of hydrogen-bond acceptors (Lipinski definition) is 7. The Labute approximate surface area is 127 Å². The smallest absolute Gasteiger partial charge is 0.341 e. The van der Waals surface area contributed by atoms with Gasteiger partial charge in [0, 0.05) is 5.57 Å². The monoisotopic (exact) mass is 310 g/mol. The van der Waals surface area contributed by atoms with E-state index in [4.69, 9.17) is 0 Å². The SMILES string of the molecule is C=C(C(=O)OC(=O)C(CC)C(=O)C(=O)C(=O)C=O)C(C)(C)C. The van der Waals surface area contributed by atoms with Crippen molar-refractivity contribution >= 4 is 35.6 Å². The average Bonchev–Trinajstić information content (AvgIpc) is 2.44. The zero-order chi connectivity index (χ0) is 17.7. The van der Waals surface area contributed by atoms with Gasteiger partial charge in [0.1, 0.15) is 5.92 Å². The molecular weight excluding hydrogens is 292 g/mol. The molecule has 22 heavy (non-hydrogen) atoms. The lowest BCUT2D eigenvalue weighted by Crippen LogP contribution is -2.37. The van der Waals surface area contributed by atoms with Crippen LogP contribution < -0.4 is 0 Å². The van der Waals surface area contributed by atoms with Crippen molar-refractivity contribution < 1.29 is 33.5 Å². The molecule has 0 spiro atoms. The van der Waals surface area contributed by atoms with E-state index in [0.717, 1.165) is 0 Å². The van der Waals surface area contributed by atoms with Crippen LogP contribution in [0.3, 0.4) is 0 Å². The lowest BCUT2D eigenvalue weighted by atomic mass is 9.88. The summed E-state index contributed by atoms with van der Waals surface area (Å²) in [6.07, 6.45) is -0.476. The van der Waals surface area contributed by atoms with E-state index < -0.39 is 40.6 Å². The number of carbonyl (C=O) groups excluding carboxylic acids is 6. The van der Waals surface area contributed by atoms with Gasteiger partial charge in [0.15, 0.2) is 6.29 Å².